The van der Waals surface area contributed by atoms with Crippen LogP contribution in [0, 0.1) is 0 Å². The van der Waals surface area contributed by atoms with Gasteiger partial charge in [-0.05, 0) is 25.7 Å². The van der Waals surface area contributed by atoms with Crippen molar-refractivity contribution in [3.05, 3.63) is 22.4 Å². The van der Waals surface area contributed by atoms with Crippen LogP contribution in [0.1, 0.15) is 51.3 Å². The molecule has 0 amide bonds. The second-order valence-corrected chi connectivity index (χ2v) is 6.29. The van der Waals surface area contributed by atoms with E-state index in [4.69, 9.17) is 5.73 Å². The number of fused-ring (bicyclic) bond motifs is 1. The van der Waals surface area contributed by atoms with E-state index in [1.54, 1.807) is 0 Å². The van der Waals surface area contributed by atoms with Gasteiger partial charge in [0.15, 0.2) is 5.65 Å². The largest absolute Gasteiger partial charge is 0.351 e. The highest BCUT2D eigenvalue weighted by molar-refractivity contribution is 5.73. The van der Waals surface area contributed by atoms with Crippen LogP contribution in [0.15, 0.2) is 11.0 Å². The van der Waals surface area contributed by atoms with Gasteiger partial charge in [0.25, 0.3) is 5.56 Å². The average Bonchev–Trinajstić information content (AvgIpc) is 2.49. The van der Waals surface area contributed by atoms with Gasteiger partial charge in [-0.25, -0.2) is 9.97 Å². The molecule has 0 spiro atoms. The van der Waals surface area contributed by atoms with Crippen LogP contribution in [0.5, 0.6) is 0 Å². The molecule has 2 aromatic rings. The summed E-state index contributed by atoms with van der Waals surface area (Å²) in [6, 6.07) is 0.646. The van der Waals surface area contributed by atoms with Crippen LogP contribution in [0.25, 0.3) is 11.0 Å². The van der Waals surface area contributed by atoms with Crippen LogP contribution >= 0.6 is 0 Å². The number of rotatable bonds is 3. The molecule has 0 radical (unpaired) electrons. The summed E-state index contributed by atoms with van der Waals surface area (Å²) in [5, 5.41) is 3.75. The second-order valence-electron chi connectivity index (χ2n) is 6.29. The fourth-order valence-corrected chi connectivity index (χ4v) is 2.73. The maximum atomic E-state index is 12.0. The van der Waals surface area contributed by atoms with Gasteiger partial charge in [0.2, 0.25) is 5.95 Å². The van der Waals surface area contributed by atoms with Crippen molar-refractivity contribution in [1.82, 2.24) is 19.9 Å². The summed E-state index contributed by atoms with van der Waals surface area (Å²) < 4.78 is 0. The number of hydrogen-bond donors (Lipinski definition) is 3. The summed E-state index contributed by atoms with van der Waals surface area (Å²) in [5.74, 6) is 1.31. The summed E-state index contributed by atoms with van der Waals surface area (Å²) in [5.41, 5.74) is 6.17. The molecule has 2 aromatic heterocycles. The number of H-pyrrole nitrogens is 1. The third-order valence-electron chi connectivity index (χ3n) is 4.13. The van der Waals surface area contributed by atoms with Gasteiger partial charge in [-0.15, -0.1) is 0 Å². The van der Waals surface area contributed by atoms with Gasteiger partial charge in [0.05, 0.1) is 0 Å². The average molecular weight is 302 g/mol. The molecular weight excluding hydrogens is 280 g/mol. The molecule has 7 nitrogen and oxygen atoms in total. The maximum absolute atomic E-state index is 12.0. The van der Waals surface area contributed by atoms with Crippen molar-refractivity contribution in [2.24, 2.45) is 5.73 Å². The van der Waals surface area contributed by atoms with Gasteiger partial charge < -0.3 is 16.0 Å². The quantitative estimate of drug-likeness (QED) is 0.793. The van der Waals surface area contributed by atoms with E-state index >= 15 is 0 Å². The molecule has 0 unspecified atom stereocenters. The molecule has 1 aliphatic carbocycles. The highest BCUT2D eigenvalue weighted by Gasteiger charge is 2.19. The third-order valence-corrected chi connectivity index (χ3v) is 4.13. The SMILES string of the molecule is CC(C)c1nc2nc(N[C@H]3CC[C@H](N)CC3)ncc2c(=O)[nH]1. The summed E-state index contributed by atoms with van der Waals surface area (Å²) in [4.78, 5) is 27.9. The summed E-state index contributed by atoms with van der Waals surface area (Å²) in [6.07, 6.45) is 5.60. The molecule has 4 N–H and O–H groups in total. The Balaban J connectivity index is 1.87. The van der Waals surface area contributed by atoms with Crippen LogP contribution in [0.3, 0.4) is 0 Å². The number of nitrogens with zero attached hydrogens (tertiary/aromatic N) is 3. The Labute approximate surface area is 128 Å². The minimum atomic E-state index is -0.191. The van der Waals surface area contributed by atoms with Crippen LogP contribution < -0.4 is 16.6 Å². The maximum Gasteiger partial charge on any atom is 0.261 e. The molecule has 0 saturated heterocycles. The van der Waals surface area contributed by atoms with E-state index < -0.39 is 0 Å². The van der Waals surface area contributed by atoms with Gasteiger partial charge in [-0.2, -0.15) is 4.98 Å². The van der Waals surface area contributed by atoms with Crippen molar-refractivity contribution < 1.29 is 0 Å². The van der Waals surface area contributed by atoms with Gasteiger partial charge in [-0.3, -0.25) is 4.79 Å². The van der Waals surface area contributed by atoms with Crippen molar-refractivity contribution in [3.8, 4) is 0 Å². The molecule has 1 fully saturated rings. The molecule has 0 atom stereocenters. The zero-order valence-electron chi connectivity index (χ0n) is 13.0. The van der Waals surface area contributed by atoms with E-state index in [9.17, 15) is 4.79 Å². The number of aromatic nitrogens is 4. The van der Waals surface area contributed by atoms with Gasteiger partial charge in [0.1, 0.15) is 11.2 Å². The normalized spacial score (nSPS) is 22.2. The summed E-state index contributed by atoms with van der Waals surface area (Å²) in [7, 11) is 0. The summed E-state index contributed by atoms with van der Waals surface area (Å²) in [6.45, 7) is 3.96. The number of hydrogen-bond acceptors (Lipinski definition) is 6. The van der Waals surface area contributed by atoms with Crippen LogP contribution in [-0.2, 0) is 0 Å². The Morgan fingerprint density at radius 2 is 2.00 bits per heavy atom. The minimum absolute atomic E-state index is 0.142. The van der Waals surface area contributed by atoms with Crippen LogP contribution in [0.4, 0.5) is 5.95 Å². The van der Waals surface area contributed by atoms with Crippen molar-refractivity contribution in [2.45, 2.75) is 57.5 Å². The van der Waals surface area contributed by atoms with Gasteiger partial charge >= 0.3 is 0 Å². The monoisotopic (exact) mass is 302 g/mol. The molecule has 22 heavy (non-hydrogen) atoms. The Hall–Kier alpha value is -2.02. The first-order valence-corrected chi connectivity index (χ1v) is 7.82. The Bertz CT molecular complexity index is 718. The Morgan fingerprint density at radius 3 is 2.68 bits per heavy atom. The molecule has 0 bridgehead atoms. The third kappa shape index (κ3) is 3.09. The van der Waals surface area contributed by atoms with E-state index in [-0.39, 0.29) is 11.5 Å². The van der Waals surface area contributed by atoms with E-state index in [1.807, 2.05) is 13.8 Å². The molecule has 3 rings (SSSR count). The number of anilines is 1. The molecule has 7 heteroatoms. The van der Waals surface area contributed by atoms with Crippen molar-refractivity contribution in [3.63, 3.8) is 0 Å². The van der Waals surface area contributed by atoms with E-state index in [2.05, 4.69) is 25.3 Å². The topological polar surface area (TPSA) is 110 Å². The molecular formula is C15H22N6O. The predicted molar refractivity (Wildman–Crippen MR) is 85.9 cm³/mol. The number of nitrogens with two attached hydrogens (primary N) is 1. The lowest BCUT2D eigenvalue weighted by atomic mass is 9.92. The minimum Gasteiger partial charge on any atom is -0.351 e. The first kappa shape index (κ1) is 14.9. The standard InChI is InChI=1S/C15H22N6O/c1-8(2)12-19-13-11(14(22)20-12)7-17-15(21-13)18-10-5-3-9(16)4-6-10/h7-10H,3-6,16H2,1-2H3,(H2,17,18,19,20,21,22)/t9-,10-. The fourth-order valence-electron chi connectivity index (χ4n) is 2.73. The molecule has 0 aliphatic heterocycles. The van der Waals surface area contributed by atoms with Gasteiger partial charge in [-0.1, -0.05) is 13.8 Å². The molecule has 0 aromatic carbocycles. The summed E-state index contributed by atoms with van der Waals surface area (Å²) >= 11 is 0. The smallest absolute Gasteiger partial charge is 0.261 e. The molecule has 118 valence electrons. The zero-order valence-corrected chi connectivity index (χ0v) is 13.0. The molecule has 1 aliphatic rings. The van der Waals surface area contributed by atoms with Crippen molar-refractivity contribution in [1.29, 1.82) is 0 Å². The highest BCUT2D eigenvalue weighted by atomic mass is 16.1. The van der Waals surface area contributed by atoms with Crippen molar-refractivity contribution in [2.75, 3.05) is 5.32 Å². The lowest BCUT2D eigenvalue weighted by molar-refractivity contribution is 0.410. The Kier molecular flexibility index (Phi) is 4.06. The predicted octanol–water partition coefficient (Wildman–Crippen LogP) is 1.52. The van der Waals surface area contributed by atoms with Crippen LogP contribution in [0.2, 0.25) is 0 Å². The van der Waals surface area contributed by atoms with E-state index in [0.717, 1.165) is 25.7 Å². The first-order valence-electron chi connectivity index (χ1n) is 7.82. The number of aromatic amines is 1. The fraction of sp³-hybridized carbons (Fsp3) is 0.600. The lowest BCUT2D eigenvalue weighted by Gasteiger charge is -2.26. The zero-order chi connectivity index (χ0) is 15.7. The van der Waals surface area contributed by atoms with Gasteiger partial charge in [0, 0.05) is 24.2 Å². The molecule has 2 heterocycles. The van der Waals surface area contributed by atoms with E-state index in [1.165, 1.54) is 6.20 Å². The second kappa shape index (κ2) is 6.00. The highest BCUT2D eigenvalue weighted by Crippen LogP contribution is 2.20. The van der Waals surface area contributed by atoms with Crippen molar-refractivity contribution >= 4 is 17.0 Å². The van der Waals surface area contributed by atoms with Crippen LogP contribution in [-0.4, -0.2) is 32.0 Å². The molecule has 1 saturated carbocycles. The van der Waals surface area contributed by atoms with E-state index in [0.29, 0.717) is 34.9 Å². The first-order chi connectivity index (χ1) is 10.5. The lowest BCUT2D eigenvalue weighted by Crippen LogP contribution is -2.33. The number of nitrogens with one attached hydrogen (secondary N) is 2. The Morgan fingerprint density at radius 1 is 1.27 bits per heavy atom.